The van der Waals surface area contributed by atoms with E-state index in [0.717, 1.165) is 16.8 Å². The number of hydrogen-bond acceptors (Lipinski definition) is 8. The van der Waals surface area contributed by atoms with E-state index in [1.54, 1.807) is 19.1 Å². The van der Waals surface area contributed by atoms with E-state index in [1.165, 1.54) is 24.9 Å². The highest BCUT2D eigenvalue weighted by molar-refractivity contribution is 7.98. The molecule has 0 atom stereocenters. The number of ether oxygens (including phenoxy) is 1. The van der Waals surface area contributed by atoms with Gasteiger partial charge in [0, 0.05) is 27.6 Å². The average Bonchev–Trinajstić information content (AvgIpc) is 3.11. The summed E-state index contributed by atoms with van der Waals surface area (Å²) >= 11 is 7.23. The molecule has 0 aliphatic carbocycles. The first-order valence-corrected chi connectivity index (χ1v) is 10.6. The van der Waals surface area contributed by atoms with Crippen LogP contribution in [0, 0.1) is 13.8 Å². The first kappa shape index (κ1) is 21.1. The normalized spacial score (nSPS) is 11.1. The Hall–Kier alpha value is -3.17. The van der Waals surface area contributed by atoms with Gasteiger partial charge in [0.15, 0.2) is 16.6 Å². The number of methoxy groups -OCH3 is 1. The van der Waals surface area contributed by atoms with Gasteiger partial charge in [0.2, 0.25) is 0 Å². The minimum absolute atomic E-state index is 0.101. The fourth-order valence-electron chi connectivity index (χ4n) is 3.10. The largest absolute Gasteiger partial charge is 0.465 e. The maximum Gasteiger partial charge on any atom is 0.338 e. The van der Waals surface area contributed by atoms with Gasteiger partial charge < -0.3 is 14.2 Å². The van der Waals surface area contributed by atoms with E-state index in [9.17, 15) is 9.59 Å². The Labute approximate surface area is 186 Å². The molecular formula is C21H17ClN4O4S. The molecule has 3 aromatic heterocycles. The van der Waals surface area contributed by atoms with Gasteiger partial charge in [0.1, 0.15) is 0 Å². The number of aromatic amines is 1. The van der Waals surface area contributed by atoms with Crippen molar-refractivity contribution < 1.29 is 14.1 Å². The number of H-pyrrole nitrogens is 1. The molecule has 0 aliphatic heterocycles. The minimum Gasteiger partial charge on any atom is -0.465 e. The molecule has 0 saturated heterocycles. The maximum atomic E-state index is 12.6. The molecule has 10 heteroatoms. The Morgan fingerprint density at radius 3 is 2.68 bits per heavy atom. The quantitative estimate of drug-likeness (QED) is 0.268. The number of esters is 1. The molecule has 0 unspecified atom stereocenters. The zero-order chi connectivity index (χ0) is 22.1. The molecule has 1 N–H and O–H groups in total. The van der Waals surface area contributed by atoms with Gasteiger partial charge in [-0.05, 0) is 44.2 Å². The summed E-state index contributed by atoms with van der Waals surface area (Å²) in [6, 6.07) is 8.81. The van der Waals surface area contributed by atoms with E-state index in [4.69, 9.17) is 20.9 Å². The molecule has 0 radical (unpaired) electrons. The number of halogens is 1. The first-order chi connectivity index (χ1) is 14.9. The van der Waals surface area contributed by atoms with Crippen LogP contribution < -0.4 is 5.56 Å². The predicted octanol–water partition coefficient (Wildman–Crippen LogP) is 4.32. The third-order valence-corrected chi connectivity index (χ3v) is 5.80. The van der Waals surface area contributed by atoms with E-state index in [0.29, 0.717) is 27.4 Å². The van der Waals surface area contributed by atoms with Crippen molar-refractivity contribution >= 4 is 40.4 Å². The summed E-state index contributed by atoms with van der Waals surface area (Å²) < 4.78 is 10.3. The number of rotatable bonds is 5. The van der Waals surface area contributed by atoms with Crippen molar-refractivity contribution in [1.82, 2.24) is 20.1 Å². The van der Waals surface area contributed by atoms with Gasteiger partial charge in [-0.25, -0.2) is 14.8 Å². The van der Waals surface area contributed by atoms with Gasteiger partial charge in [-0.1, -0.05) is 28.5 Å². The number of aromatic nitrogens is 4. The highest BCUT2D eigenvalue weighted by Crippen LogP contribution is 2.30. The van der Waals surface area contributed by atoms with Gasteiger partial charge in [-0.2, -0.15) is 0 Å². The molecule has 158 valence electrons. The maximum absolute atomic E-state index is 12.6. The smallest absolute Gasteiger partial charge is 0.338 e. The number of nitrogens with one attached hydrogen (secondary N) is 1. The molecule has 0 fully saturated rings. The van der Waals surface area contributed by atoms with Crippen molar-refractivity contribution in [1.29, 1.82) is 0 Å². The predicted molar refractivity (Wildman–Crippen MR) is 117 cm³/mol. The minimum atomic E-state index is -0.615. The Balaban J connectivity index is 1.62. The van der Waals surface area contributed by atoms with Crippen LogP contribution in [0.15, 0.2) is 44.8 Å². The second-order valence-corrected chi connectivity index (χ2v) is 8.15. The van der Waals surface area contributed by atoms with Gasteiger partial charge in [0.25, 0.3) is 5.56 Å². The molecule has 0 aliphatic rings. The lowest BCUT2D eigenvalue weighted by molar-refractivity contribution is 0.0602. The summed E-state index contributed by atoms with van der Waals surface area (Å²) in [6.45, 7) is 3.64. The number of thioether (sulfide) groups is 1. The highest BCUT2D eigenvalue weighted by atomic mass is 35.5. The Morgan fingerprint density at radius 1 is 1.23 bits per heavy atom. The number of fused-ring (bicyclic) bond motifs is 1. The van der Waals surface area contributed by atoms with Crippen LogP contribution in [0.2, 0.25) is 5.02 Å². The lowest BCUT2D eigenvalue weighted by atomic mass is 10.1. The molecule has 31 heavy (non-hydrogen) atoms. The molecule has 1 aromatic carbocycles. The number of hydrogen-bond donors (Lipinski definition) is 1. The number of benzene rings is 1. The van der Waals surface area contributed by atoms with Crippen molar-refractivity contribution in [2.24, 2.45) is 0 Å². The third kappa shape index (κ3) is 4.19. The molecule has 0 amide bonds. The zero-order valence-corrected chi connectivity index (χ0v) is 18.4. The van der Waals surface area contributed by atoms with Gasteiger partial charge in [-0.3, -0.25) is 4.79 Å². The molecule has 0 bridgehead atoms. The fraction of sp³-hybridized carbons (Fsp3) is 0.190. The summed E-state index contributed by atoms with van der Waals surface area (Å²) in [4.78, 5) is 36.1. The standard InChI is InChI=1S/C21H17ClN4O4S/c1-10-8-14(20(28)29-3)16-18(23-10)24-21(25-19(16)27)31-9-15-11(2)17(30-26-15)12-4-6-13(22)7-5-12/h4-8H,9H2,1-3H3,(H,23,24,25,27). The first-order valence-electron chi connectivity index (χ1n) is 9.21. The van der Waals surface area contributed by atoms with Crippen LogP contribution in [0.1, 0.15) is 27.3 Å². The Morgan fingerprint density at radius 2 is 1.97 bits per heavy atom. The van der Waals surface area contributed by atoms with Crippen LogP contribution in [0.4, 0.5) is 0 Å². The summed E-state index contributed by atoms with van der Waals surface area (Å²) in [7, 11) is 1.26. The molecule has 3 heterocycles. The average molecular weight is 457 g/mol. The number of aryl methyl sites for hydroxylation is 1. The van der Waals surface area contributed by atoms with E-state index >= 15 is 0 Å². The Bertz CT molecular complexity index is 1350. The number of nitrogens with zero attached hydrogens (tertiary/aromatic N) is 3. The Kier molecular flexibility index (Phi) is 5.79. The molecule has 4 aromatic rings. The number of pyridine rings is 1. The van der Waals surface area contributed by atoms with E-state index in [1.807, 2.05) is 19.1 Å². The van der Waals surface area contributed by atoms with Gasteiger partial charge >= 0.3 is 5.97 Å². The molecule has 0 saturated carbocycles. The van der Waals surface area contributed by atoms with Crippen LogP contribution in [0.25, 0.3) is 22.4 Å². The molecular weight excluding hydrogens is 440 g/mol. The van der Waals surface area contributed by atoms with Crippen LogP contribution in [-0.2, 0) is 10.5 Å². The van der Waals surface area contributed by atoms with Crippen molar-refractivity contribution in [3.8, 4) is 11.3 Å². The van der Waals surface area contributed by atoms with Crippen LogP contribution in [0.3, 0.4) is 0 Å². The highest BCUT2D eigenvalue weighted by Gasteiger charge is 2.19. The van der Waals surface area contributed by atoms with Crippen LogP contribution in [-0.4, -0.2) is 33.2 Å². The lowest BCUT2D eigenvalue weighted by Gasteiger charge is -2.06. The molecule has 0 spiro atoms. The topological polar surface area (TPSA) is 111 Å². The molecule has 4 rings (SSSR count). The van der Waals surface area contributed by atoms with Crippen molar-refractivity contribution in [3.05, 3.63) is 68.2 Å². The fourth-order valence-corrected chi connectivity index (χ4v) is 4.08. The summed E-state index contributed by atoms with van der Waals surface area (Å²) in [5, 5.41) is 5.26. The second kappa shape index (κ2) is 8.52. The van der Waals surface area contributed by atoms with E-state index in [2.05, 4.69) is 20.1 Å². The van der Waals surface area contributed by atoms with Gasteiger partial charge in [-0.15, -0.1) is 0 Å². The van der Waals surface area contributed by atoms with Crippen molar-refractivity contribution in [2.75, 3.05) is 7.11 Å². The van der Waals surface area contributed by atoms with E-state index < -0.39 is 11.5 Å². The van der Waals surface area contributed by atoms with Crippen molar-refractivity contribution in [3.63, 3.8) is 0 Å². The SMILES string of the molecule is COC(=O)c1cc(C)nc2nc(SCc3noc(-c4ccc(Cl)cc4)c3C)[nH]c(=O)c12. The lowest BCUT2D eigenvalue weighted by Crippen LogP contribution is -2.16. The number of carbonyl (C=O) groups excluding carboxylic acids is 1. The van der Waals surface area contributed by atoms with E-state index in [-0.39, 0.29) is 16.6 Å². The monoisotopic (exact) mass is 456 g/mol. The van der Waals surface area contributed by atoms with Crippen molar-refractivity contribution in [2.45, 2.75) is 24.8 Å². The summed E-state index contributed by atoms with van der Waals surface area (Å²) in [5.41, 5.74) is 2.91. The summed E-state index contributed by atoms with van der Waals surface area (Å²) in [5.74, 6) is 0.468. The number of carbonyl (C=O) groups is 1. The van der Waals surface area contributed by atoms with Crippen LogP contribution >= 0.6 is 23.4 Å². The van der Waals surface area contributed by atoms with Gasteiger partial charge in [0.05, 0.1) is 23.8 Å². The summed E-state index contributed by atoms with van der Waals surface area (Å²) in [6.07, 6.45) is 0. The van der Waals surface area contributed by atoms with Crippen LogP contribution in [0.5, 0.6) is 0 Å². The molecule has 8 nitrogen and oxygen atoms in total. The zero-order valence-electron chi connectivity index (χ0n) is 16.9. The third-order valence-electron chi connectivity index (χ3n) is 4.66. The second-order valence-electron chi connectivity index (χ2n) is 6.75.